The van der Waals surface area contributed by atoms with Crippen molar-refractivity contribution < 1.29 is 0 Å². The summed E-state index contributed by atoms with van der Waals surface area (Å²) in [4.78, 5) is 6.46. The molecule has 2 heterocycles. The van der Waals surface area contributed by atoms with E-state index in [9.17, 15) is 0 Å². The Morgan fingerprint density at radius 3 is 3.06 bits per heavy atom. The van der Waals surface area contributed by atoms with E-state index in [4.69, 9.17) is 0 Å². The molecule has 0 fully saturated rings. The Labute approximate surface area is 102 Å². The third-order valence-electron chi connectivity index (χ3n) is 3.47. The van der Waals surface area contributed by atoms with Crippen LogP contribution in [0.3, 0.4) is 0 Å². The number of benzene rings is 1. The van der Waals surface area contributed by atoms with Crippen molar-refractivity contribution in [3.63, 3.8) is 0 Å². The van der Waals surface area contributed by atoms with E-state index in [-0.39, 0.29) is 0 Å². The maximum atomic E-state index is 4.10. The summed E-state index contributed by atoms with van der Waals surface area (Å²) in [5.74, 6) is 0.670. The highest BCUT2D eigenvalue weighted by Gasteiger charge is 2.21. The topological polar surface area (TPSA) is 21.1 Å². The van der Waals surface area contributed by atoms with Gasteiger partial charge in [0.15, 0.2) is 0 Å². The van der Waals surface area contributed by atoms with Crippen molar-refractivity contribution in [3.05, 3.63) is 48.5 Å². The summed E-state index contributed by atoms with van der Waals surface area (Å²) in [7, 11) is 2.18. The quantitative estimate of drug-likeness (QED) is 0.784. The summed E-state index contributed by atoms with van der Waals surface area (Å²) < 4.78 is 2.17. The molecule has 0 amide bonds. The van der Waals surface area contributed by atoms with Crippen LogP contribution in [0.2, 0.25) is 0 Å². The molecule has 1 aliphatic heterocycles. The van der Waals surface area contributed by atoms with Crippen LogP contribution in [-0.2, 0) is 13.0 Å². The van der Waals surface area contributed by atoms with Gasteiger partial charge in [-0.2, -0.15) is 0 Å². The van der Waals surface area contributed by atoms with Gasteiger partial charge in [-0.25, -0.2) is 4.98 Å². The highest BCUT2D eigenvalue weighted by molar-refractivity contribution is 5.55. The summed E-state index contributed by atoms with van der Waals surface area (Å²) in [5.41, 5.74) is 2.85. The van der Waals surface area contributed by atoms with Crippen LogP contribution < -0.4 is 4.90 Å². The first-order valence-corrected chi connectivity index (χ1v) is 6.08. The van der Waals surface area contributed by atoms with Crippen LogP contribution >= 0.6 is 0 Å². The van der Waals surface area contributed by atoms with Crippen molar-refractivity contribution in [1.29, 1.82) is 0 Å². The highest BCUT2D eigenvalue weighted by Crippen LogP contribution is 2.28. The predicted octanol–water partition coefficient (Wildman–Crippen LogP) is 2.19. The zero-order chi connectivity index (χ0) is 11.7. The molecule has 0 spiro atoms. The van der Waals surface area contributed by atoms with Crippen molar-refractivity contribution in [2.75, 3.05) is 18.5 Å². The molecule has 0 bridgehead atoms. The fraction of sp³-hybridized carbons (Fsp3) is 0.357. The minimum Gasteiger partial charge on any atom is -0.374 e. The fourth-order valence-electron chi connectivity index (χ4n) is 2.73. The lowest BCUT2D eigenvalue weighted by molar-refractivity contribution is 0.430. The number of para-hydroxylation sites is 1. The lowest BCUT2D eigenvalue weighted by Crippen LogP contribution is -2.34. The second-order valence-electron chi connectivity index (χ2n) is 4.84. The standard InChI is InChI=1S/C14H17N3/c1-16-9-12(10-17-7-6-15-11-17)8-13-4-2-3-5-14(13)16/h2-7,11-12H,8-10H2,1H3. The van der Waals surface area contributed by atoms with Gasteiger partial charge in [0.25, 0.3) is 0 Å². The zero-order valence-electron chi connectivity index (χ0n) is 10.1. The van der Waals surface area contributed by atoms with Crippen LogP contribution in [0.25, 0.3) is 0 Å². The van der Waals surface area contributed by atoms with E-state index < -0.39 is 0 Å². The molecule has 3 rings (SSSR count). The normalized spacial score (nSPS) is 19.1. The lowest BCUT2D eigenvalue weighted by Gasteiger charge is -2.33. The van der Waals surface area contributed by atoms with Gasteiger partial charge in [-0.15, -0.1) is 0 Å². The Balaban J connectivity index is 1.79. The molecule has 0 saturated heterocycles. The summed E-state index contributed by atoms with van der Waals surface area (Å²) in [6, 6.07) is 8.70. The van der Waals surface area contributed by atoms with Gasteiger partial charge < -0.3 is 9.47 Å². The average molecular weight is 227 g/mol. The molecule has 0 saturated carbocycles. The number of anilines is 1. The fourth-order valence-corrected chi connectivity index (χ4v) is 2.73. The summed E-state index contributed by atoms with van der Waals surface area (Å²) in [6.07, 6.45) is 6.96. The van der Waals surface area contributed by atoms with Crippen molar-refractivity contribution in [3.8, 4) is 0 Å². The van der Waals surface area contributed by atoms with E-state index >= 15 is 0 Å². The number of fused-ring (bicyclic) bond motifs is 1. The van der Waals surface area contributed by atoms with Gasteiger partial charge >= 0.3 is 0 Å². The van der Waals surface area contributed by atoms with Crippen molar-refractivity contribution in [2.45, 2.75) is 13.0 Å². The Kier molecular flexibility index (Phi) is 2.59. The van der Waals surface area contributed by atoms with Gasteiger partial charge in [-0.3, -0.25) is 0 Å². The molecule has 3 heteroatoms. The van der Waals surface area contributed by atoms with Crippen LogP contribution in [0, 0.1) is 5.92 Å². The summed E-state index contributed by atoms with van der Waals surface area (Å²) in [6.45, 7) is 2.17. The molecule has 0 N–H and O–H groups in total. The maximum absolute atomic E-state index is 4.10. The molecule has 2 aromatic rings. The number of imidazole rings is 1. The molecular weight excluding hydrogens is 210 g/mol. The van der Waals surface area contributed by atoms with Gasteiger partial charge in [0.1, 0.15) is 0 Å². The Morgan fingerprint density at radius 2 is 2.24 bits per heavy atom. The first-order chi connectivity index (χ1) is 8.33. The Hall–Kier alpha value is -1.77. The number of hydrogen-bond donors (Lipinski definition) is 0. The number of nitrogens with zero attached hydrogens (tertiary/aromatic N) is 3. The molecule has 1 unspecified atom stereocenters. The zero-order valence-corrected chi connectivity index (χ0v) is 10.1. The van der Waals surface area contributed by atoms with Crippen LogP contribution in [0.5, 0.6) is 0 Å². The minimum absolute atomic E-state index is 0.670. The van der Waals surface area contributed by atoms with Crippen LogP contribution in [0.4, 0.5) is 5.69 Å². The molecule has 1 aromatic carbocycles. The van der Waals surface area contributed by atoms with Crippen molar-refractivity contribution >= 4 is 5.69 Å². The van der Waals surface area contributed by atoms with E-state index in [0.717, 1.165) is 13.1 Å². The number of rotatable bonds is 2. The first-order valence-electron chi connectivity index (χ1n) is 6.08. The summed E-state index contributed by atoms with van der Waals surface area (Å²) >= 11 is 0. The molecule has 1 atom stereocenters. The first kappa shape index (κ1) is 10.4. The van der Waals surface area contributed by atoms with Crippen molar-refractivity contribution in [1.82, 2.24) is 9.55 Å². The van der Waals surface area contributed by atoms with E-state index in [2.05, 4.69) is 45.8 Å². The smallest absolute Gasteiger partial charge is 0.0946 e. The van der Waals surface area contributed by atoms with Crippen molar-refractivity contribution in [2.24, 2.45) is 5.92 Å². The van der Waals surface area contributed by atoms with E-state index in [0.29, 0.717) is 5.92 Å². The van der Waals surface area contributed by atoms with Crippen LogP contribution in [0.1, 0.15) is 5.56 Å². The summed E-state index contributed by atoms with van der Waals surface area (Å²) in [5, 5.41) is 0. The minimum atomic E-state index is 0.670. The van der Waals surface area contributed by atoms with Gasteiger partial charge in [0.2, 0.25) is 0 Å². The largest absolute Gasteiger partial charge is 0.374 e. The number of hydrogen-bond acceptors (Lipinski definition) is 2. The average Bonchev–Trinajstić information content (AvgIpc) is 2.82. The van der Waals surface area contributed by atoms with Crippen LogP contribution in [0.15, 0.2) is 43.0 Å². The Bertz CT molecular complexity index is 490. The Morgan fingerprint density at radius 1 is 1.35 bits per heavy atom. The molecule has 1 aromatic heterocycles. The van der Waals surface area contributed by atoms with Gasteiger partial charge in [0.05, 0.1) is 6.33 Å². The van der Waals surface area contributed by atoms with E-state index in [1.54, 1.807) is 0 Å². The second kappa shape index (κ2) is 4.24. The third-order valence-corrected chi connectivity index (χ3v) is 3.47. The van der Waals surface area contributed by atoms with Gasteiger partial charge in [-0.05, 0) is 24.0 Å². The molecule has 17 heavy (non-hydrogen) atoms. The van der Waals surface area contributed by atoms with Crippen LogP contribution in [-0.4, -0.2) is 23.1 Å². The molecule has 88 valence electrons. The monoisotopic (exact) mass is 227 g/mol. The second-order valence-corrected chi connectivity index (χ2v) is 4.84. The van der Waals surface area contributed by atoms with E-state index in [1.807, 2.05) is 18.7 Å². The third kappa shape index (κ3) is 2.05. The maximum Gasteiger partial charge on any atom is 0.0946 e. The molecule has 3 nitrogen and oxygen atoms in total. The molecule has 0 radical (unpaired) electrons. The molecule has 0 aliphatic carbocycles. The van der Waals surface area contributed by atoms with E-state index in [1.165, 1.54) is 17.7 Å². The molecular formula is C14H17N3. The highest BCUT2D eigenvalue weighted by atomic mass is 15.1. The SMILES string of the molecule is CN1CC(Cn2ccnc2)Cc2ccccc21. The predicted molar refractivity (Wildman–Crippen MR) is 69.1 cm³/mol. The lowest BCUT2D eigenvalue weighted by atomic mass is 9.93. The van der Waals surface area contributed by atoms with Gasteiger partial charge in [0, 0.05) is 38.2 Å². The van der Waals surface area contributed by atoms with Gasteiger partial charge in [-0.1, -0.05) is 18.2 Å². The number of aromatic nitrogens is 2. The molecule has 1 aliphatic rings.